The van der Waals surface area contributed by atoms with Crippen molar-refractivity contribution in [2.75, 3.05) is 27.9 Å². The van der Waals surface area contributed by atoms with Crippen molar-refractivity contribution in [1.29, 1.82) is 0 Å². The second-order valence-electron chi connectivity index (χ2n) is 7.63. The summed E-state index contributed by atoms with van der Waals surface area (Å²) < 4.78 is 22.6. The van der Waals surface area contributed by atoms with E-state index in [-0.39, 0.29) is 6.04 Å². The van der Waals surface area contributed by atoms with Crippen LogP contribution in [-0.2, 0) is 19.4 Å². The van der Waals surface area contributed by atoms with Gasteiger partial charge in [0.2, 0.25) is 0 Å². The van der Waals surface area contributed by atoms with Crippen molar-refractivity contribution in [3.63, 3.8) is 0 Å². The summed E-state index contributed by atoms with van der Waals surface area (Å²) in [7, 11) is 5.01. The van der Waals surface area contributed by atoms with Gasteiger partial charge >= 0.3 is 0 Å². The Bertz CT molecular complexity index is 1020. The minimum atomic E-state index is 0.193. The molecule has 3 aromatic carbocycles. The summed E-state index contributed by atoms with van der Waals surface area (Å²) in [6.45, 7) is 1.44. The molecule has 5 nitrogen and oxygen atoms in total. The normalized spacial score (nSPS) is 15.1. The molecule has 1 atom stereocenters. The van der Waals surface area contributed by atoms with Gasteiger partial charge in [-0.15, -0.1) is 0 Å². The summed E-state index contributed by atoms with van der Waals surface area (Å²) in [5, 5.41) is 3.65. The topological polar surface area (TPSA) is 49.0 Å². The van der Waals surface area contributed by atoms with Crippen LogP contribution in [-0.4, -0.2) is 27.9 Å². The molecule has 0 fully saturated rings. The van der Waals surface area contributed by atoms with E-state index >= 15 is 0 Å². The first-order valence-corrected chi connectivity index (χ1v) is 10.5. The Morgan fingerprint density at radius 2 is 1.52 bits per heavy atom. The fraction of sp³-hybridized carbons (Fsp3) is 0.308. The number of fused-ring (bicyclic) bond motifs is 1. The molecule has 0 saturated heterocycles. The summed E-state index contributed by atoms with van der Waals surface area (Å²) in [6, 6.07) is 20.7. The average Bonchev–Trinajstić information content (AvgIpc) is 2.83. The fourth-order valence-corrected chi connectivity index (χ4v) is 4.08. The third kappa shape index (κ3) is 4.78. The second-order valence-corrected chi connectivity index (χ2v) is 7.63. The van der Waals surface area contributed by atoms with E-state index in [9.17, 15) is 0 Å². The molecule has 3 aromatic rings. The van der Waals surface area contributed by atoms with Gasteiger partial charge < -0.3 is 24.3 Å². The predicted octanol–water partition coefficient (Wildman–Crippen LogP) is 4.72. The van der Waals surface area contributed by atoms with Crippen molar-refractivity contribution in [3.8, 4) is 23.0 Å². The maximum Gasteiger partial charge on any atom is 0.161 e. The van der Waals surface area contributed by atoms with Gasteiger partial charge in [0, 0.05) is 6.04 Å². The summed E-state index contributed by atoms with van der Waals surface area (Å²) in [5.41, 5.74) is 4.87. The SMILES string of the molecule is COc1ccc(CC2NCCc3cc(OCc4ccccc4)c(OC)cc32)cc1OC. The molecule has 0 bridgehead atoms. The van der Waals surface area contributed by atoms with E-state index in [4.69, 9.17) is 18.9 Å². The minimum Gasteiger partial charge on any atom is -0.493 e. The van der Waals surface area contributed by atoms with E-state index < -0.39 is 0 Å². The summed E-state index contributed by atoms with van der Waals surface area (Å²) >= 11 is 0. The largest absolute Gasteiger partial charge is 0.493 e. The zero-order chi connectivity index (χ0) is 21.6. The maximum absolute atomic E-state index is 6.11. The molecule has 0 spiro atoms. The Morgan fingerprint density at radius 3 is 2.26 bits per heavy atom. The van der Waals surface area contributed by atoms with Gasteiger partial charge in [0.05, 0.1) is 21.3 Å². The fourth-order valence-electron chi connectivity index (χ4n) is 4.08. The third-order valence-corrected chi connectivity index (χ3v) is 5.71. The van der Waals surface area contributed by atoms with Crippen LogP contribution in [0.15, 0.2) is 60.7 Å². The van der Waals surface area contributed by atoms with Crippen molar-refractivity contribution in [2.24, 2.45) is 0 Å². The maximum atomic E-state index is 6.11. The van der Waals surface area contributed by atoms with E-state index in [1.165, 1.54) is 16.7 Å². The van der Waals surface area contributed by atoms with Gasteiger partial charge in [0.1, 0.15) is 6.61 Å². The Labute approximate surface area is 183 Å². The lowest BCUT2D eigenvalue weighted by Gasteiger charge is -2.28. The van der Waals surface area contributed by atoms with Crippen LogP contribution in [0, 0.1) is 0 Å². The van der Waals surface area contributed by atoms with Crippen LogP contribution < -0.4 is 24.3 Å². The highest BCUT2D eigenvalue weighted by Crippen LogP contribution is 2.37. The molecule has 1 unspecified atom stereocenters. The molecule has 162 valence electrons. The molecule has 0 saturated carbocycles. The summed E-state index contributed by atoms with van der Waals surface area (Å²) in [4.78, 5) is 0. The molecule has 1 aliphatic rings. The molecule has 1 heterocycles. The molecular formula is C26H29NO4. The van der Waals surface area contributed by atoms with Crippen LogP contribution in [0.2, 0.25) is 0 Å². The molecule has 5 heteroatoms. The molecule has 0 amide bonds. The van der Waals surface area contributed by atoms with Gasteiger partial charge in [-0.3, -0.25) is 0 Å². The standard InChI is InChI=1S/C26H29NO4/c1-28-23-10-9-19(14-24(23)29-2)13-22-21-16-25(30-3)26(15-20(21)11-12-27-22)31-17-18-7-5-4-6-8-18/h4-10,14-16,22,27H,11-13,17H2,1-3H3. The Balaban J connectivity index is 1.56. The van der Waals surface area contributed by atoms with Crippen molar-refractivity contribution in [1.82, 2.24) is 5.32 Å². The number of benzene rings is 3. The van der Waals surface area contributed by atoms with E-state index in [0.717, 1.165) is 47.9 Å². The molecule has 0 aromatic heterocycles. The number of hydrogen-bond acceptors (Lipinski definition) is 5. The number of rotatable bonds is 8. The van der Waals surface area contributed by atoms with E-state index in [2.05, 4.69) is 35.6 Å². The van der Waals surface area contributed by atoms with Crippen LogP contribution in [0.1, 0.15) is 28.3 Å². The zero-order valence-electron chi connectivity index (χ0n) is 18.3. The van der Waals surface area contributed by atoms with Crippen molar-refractivity contribution in [3.05, 3.63) is 82.9 Å². The van der Waals surface area contributed by atoms with Crippen molar-refractivity contribution < 1.29 is 18.9 Å². The third-order valence-electron chi connectivity index (χ3n) is 5.71. The van der Waals surface area contributed by atoms with Gasteiger partial charge in [-0.25, -0.2) is 0 Å². The van der Waals surface area contributed by atoms with Gasteiger partial charge in [-0.05, 0) is 65.9 Å². The van der Waals surface area contributed by atoms with E-state index in [1.807, 2.05) is 30.3 Å². The van der Waals surface area contributed by atoms with Crippen molar-refractivity contribution >= 4 is 0 Å². The highest BCUT2D eigenvalue weighted by atomic mass is 16.5. The second kappa shape index (κ2) is 9.75. The molecular weight excluding hydrogens is 390 g/mol. The van der Waals surface area contributed by atoms with Gasteiger partial charge in [-0.2, -0.15) is 0 Å². The Kier molecular flexibility index (Phi) is 6.63. The van der Waals surface area contributed by atoms with Gasteiger partial charge in [0.25, 0.3) is 0 Å². The van der Waals surface area contributed by atoms with Crippen LogP contribution in [0.25, 0.3) is 0 Å². The highest BCUT2D eigenvalue weighted by Gasteiger charge is 2.23. The first kappa shape index (κ1) is 21.1. The monoisotopic (exact) mass is 419 g/mol. The van der Waals surface area contributed by atoms with Crippen LogP contribution in [0.4, 0.5) is 0 Å². The molecule has 1 N–H and O–H groups in total. The average molecular weight is 420 g/mol. The molecule has 0 radical (unpaired) electrons. The lowest BCUT2D eigenvalue weighted by molar-refractivity contribution is 0.283. The molecule has 1 aliphatic heterocycles. The van der Waals surface area contributed by atoms with Crippen LogP contribution in [0.3, 0.4) is 0 Å². The first-order chi connectivity index (χ1) is 15.2. The number of nitrogens with one attached hydrogen (secondary N) is 1. The molecule has 4 rings (SSSR count). The molecule has 31 heavy (non-hydrogen) atoms. The minimum absolute atomic E-state index is 0.193. The lowest BCUT2D eigenvalue weighted by atomic mass is 9.89. The first-order valence-electron chi connectivity index (χ1n) is 10.5. The van der Waals surface area contributed by atoms with Gasteiger partial charge in [0.15, 0.2) is 23.0 Å². The van der Waals surface area contributed by atoms with Crippen LogP contribution in [0.5, 0.6) is 23.0 Å². The van der Waals surface area contributed by atoms with Gasteiger partial charge in [-0.1, -0.05) is 36.4 Å². The Morgan fingerprint density at radius 1 is 0.774 bits per heavy atom. The van der Waals surface area contributed by atoms with E-state index in [1.54, 1.807) is 21.3 Å². The van der Waals surface area contributed by atoms with Crippen LogP contribution >= 0.6 is 0 Å². The smallest absolute Gasteiger partial charge is 0.161 e. The molecule has 0 aliphatic carbocycles. The number of methoxy groups -OCH3 is 3. The van der Waals surface area contributed by atoms with Crippen molar-refractivity contribution in [2.45, 2.75) is 25.5 Å². The predicted molar refractivity (Wildman–Crippen MR) is 121 cm³/mol. The highest BCUT2D eigenvalue weighted by molar-refractivity contribution is 5.50. The quantitative estimate of drug-likeness (QED) is 0.573. The zero-order valence-corrected chi connectivity index (χ0v) is 18.3. The number of hydrogen-bond donors (Lipinski definition) is 1. The Hall–Kier alpha value is -3.18. The summed E-state index contributed by atoms with van der Waals surface area (Å²) in [5.74, 6) is 3.04. The lowest BCUT2D eigenvalue weighted by Crippen LogP contribution is -2.31. The number of ether oxygens (including phenoxy) is 4. The van der Waals surface area contributed by atoms with E-state index in [0.29, 0.717) is 6.61 Å². The summed E-state index contributed by atoms with van der Waals surface area (Å²) in [6.07, 6.45) is 1.81.